The highest BCUT2D eigenvalue weighted by Crippen LogP contribution is 2.31. The fourth-order valence-electron chi connectivity index (χ4n) is 8.97. The Morgan fingerprint density at radius 1 is 0.919 bits per heavy atom. The number of benzene rings is 1. The average Bonchev–Trinajstić information content (AvgIpc) is 3.73. The van der Waals surface area contributed by atoms with Crippen molar-refractivity contribution in [1.29, 1.82) is 0 Å². The Kier molecular flexibility index (Phi) is 22.6. The van der Waals surface area contributed by atoms with E-state index in [0.717, 1.165) is 36.8 Å². The van der Waals surface area contributed by atoms with Crippen LogP contribution >= 0.6 is 0 Å². The molecule has 352 valence electrons. The second-order valence-electron chi connectivity index (χ2n) is 18.1. The molecule has 1 fully saturated rings. The summed E-state index contributed by atoms with van der Waals surface area (Å²) in [5, 5.41) is 17.3. The zero-order valence-corrected chi connectivity index (χ0v) is 40.3. The zero-order chi connectivity index (χ0) is 47.0. The van der Waals surface area contributed by atoms with Gasteiger partial charge in [0, 0.05) is 34.9 Å². The van der Waals surface area contributed by atoms with Crippen LogP contribution in [0.15, 0.2) is 36.9 Å². The number of carbonyl (C=O) groups is 5. The van der Waals surface area contributed by atoms with E-state index in [1.165, 1.54) is 26.2 Å². The molecule has 1 aliphatic rings. The third-order valence-electron chi connectivity index (χ3n) is 13.0. The van der Waals surface area contributed by atoms with Crippen LogP contribution in [-0.4, -0.2) is 134 Å². The summed E-state index contributed by atoms with van der Waals surface area (Å²) < 4.78 is 16.9. The first-order valence-corrected chi connectivity index (χ1v) is 22.6. The summed E-state index contributed by atoms with van der Waals surface area (Å²) in [5.41, 5.74) is 1.87. The molecule has 1 aromatic rings. The quantitative estimate of drug-likeness (QED) is 0.0738. The van der Waals surface area contributed by atoms with Crippen molar-refractivity contribution in [2.45, 2.75) is 162 Å². The molecule has 0 aliphatic carbocycles. The Balaban J connectivity index is 2.26. The van der Waals surface area contributed by atoms with E-state index in [1.807, 2.05) is 65.8 Å². The lowest BCUT2D eigenvalue weighted by atomic mass is 9.89. The fraction of sp³-hybridized carbons (Fsp3) is 0.729. The summed E-state index contributed by atoms with van der Waals surface area (Å²) in [6.45, 7) is 21.4. The Bertz CT molecular complexity index is 1610. The summed E-state index contributed by atoms with van der Waals surface area (Å²) in [5.74, 6) is -2.26. The van der Waals surface area contributed by atoms with Crippen molar-refractivity contribution in [3.8, 4) is 0 Å². The summed E-state index contributed by atoms with van der Waals surface area (Å²) >= 11 is 0. The number of nitrogens with zero attached hydrogens (tertiary/aromatic N) is 3. The van der Waals surface area contributed by atoms with Crippen molar-refractivity contribution in [3.63, 3.8) is 0 Å². The fourth-order valence-corrected chi connectivity index (χ4v) is 8.97. The molecule has 14 nitrogen and oxygen atoms in total. The molecular formula is C48H81N5O9. The number of aliphatic hydroxyl groups is 1. The number of methoxy groups -OCH3 is 3. The van der Waals surface area contributed by atoms with Crippen LogP contribution in [0.1, 0.15) is 130 Å². The molecule has 0 saturated carbocycles. The molecule has 3 N–H and O–H groups in total. The summed E-state index contributed by atoms with van der Waals surface area (Å²) in [6, 6.07) is 4.60. The molecule has 5 amide bonds. The number of ether oxygens (including phenoxy) is 3. The number of carbonyl (C=O) groups excluding carboxylic acids is 5. The first-order valence-electron chi connectivity index (χ1n) is 22.6. The zero-order valence-electron chi connectivity index (χ0n) is 40.3. The van der Waals surface area contributed by atoms with E-state index in [4.69, 9.17) is 14.2 Å². The normalized spacial score (nSPS) is 19.0. The van der Waals surface area contributed by atoms with Crippen LogP contribution in [0.4, 0.5) is 4.79 Å². The number of rotatable bonds is 25. The van der Waals surface area contributed by atoms with Crippen LogP contribution in [0.2, 0.25) is 0 Å². The maximum atomic E-state index is 14.4. The van der Waals surface area contributed by atoms with E-state index in [1.54, 1.807) is 37.8 Å². The molecule has 1 aliphatic heterocycles. The first-order chi connectivity index (χ1) is 29.2. The number of hydrogen-bond acceptors (Lipinski definition) is 9. The molecule has 1 saturated heterocycles. The molecule has 0 radical (unpaired) electrons. The van der Waals surface area contributed by atoms with Crippen molar-refractivity contribution in [1.82, 2.24) is 25.3 Å². The topological polar surface area (TPSA) is 167 Å². The predicted octanol–water partition coefficient (Wildman–Crippen LogP) is 6.47. The van der Waals surface area contributed by atoms with Crippen molar-refractivity contribution < 1.29 is 43.3 Å². The number of likely N-dealkylation sites (tertiary alicyclic amines) is 1. The molecule has 1 unspecified atom stereocenters. The van der Waals surface area contributed by atoms with Crippen LogP contribution in [0.3, 0.4) is 0 Å². The maximum Gasteiger partial charge on any atom is 0.409 e. The van der Waals surface area contributed by atoms with Gasteiger partial charge in [-0.1, -0.05) is 92.2 Å². The van der Waals surface area contributed by atoms with Gasteiger partial charge in [-0.05, 0) is 73.8 Å². The molecule has 1 heterocycles. The van der Waals surface area contributed by atoms with Crippen molar-refractivity contribution in [2.75, 3.05) is 42.0 Å². The SMILES string of the molecule is C=CCCCC(C)c1cccc([C@H](O)[C@@H](C)NC(=O)[C@H](C)[C@@H](OC)[C@@H]2CCCN2C(=O)C[C@@H](OC)[C@H]([C@@H](C)CC)N(C)C(=O)[C@@H](NC(=O)[C@H](C(C)C)N(C)C(=O)OC)C(C)C)c1. The molecule has 11 atom stereocenters. The maximum absolute atomic E-state index is 14.4. The van der Waals surface area contributed by atoms with Crippen LogP contribution in [0.25, 0.3) is 0 Å². The number of likely N-dealkylation sites (N-methyl/N-ethyl adjacent to an activating group) is 2. The van der Waals surface area contributed by atoms with Gasteiger partial charge < -0.3 is 39.8 Å². The summed E-state index contributed by atoms with van der Waals surface area (Å²) in [7, 11) is 7.50. The van der Waals surface area contributed by atoms with Crippen molar-refractivity contribution in [2.24, 2.45) is 23.7 Å². The van der Waals surface area contributed by atoms with Gasteiger partial charge in [0.25, 0.3) is 0 Å². The predicted molar refractivity (Wildman–Crippen MR) is 243 cm³/mol. The van der Waals surface area contributed by atoms with E-state index >= 15 is 0 Å². The van der Waals surface area contributed by atoms with Crippen LogP contribution in [0.5, 0.6) is 0 Å². The number of unbranched alkanes of at least 4 members (excludes halogenated alkanes) is 1. The second-order valence-corrected chi connectivity index (χ2v) is 18.1. The number of allylic oxidation sites excluding steroid dienone is 1. The molecule has 62 heavy (non-hydrogen) atoms. The van der Waals surface area contributed by atoms with E-state index in [2.05, 4.69) is 30.2 Å². The highest BCUT2D eigenvalue weighted by molar-refractivity contribution is 5.91. The smallest absolute Gasteiger partial charge is 0.409 e. The Morgan fingerprint density at radius 2 is 1.56 bits per heavy atom. The molecule has 0 bridgehead atoms. The van der Waals surface area contributed by atoms with Gasteiger partial charge in [0.2, 0.25) is 23.6 Å². The van der Waals surface area contributed by atoms with E-state index in [9.17, 15) is 29.1 Å². The lowest BCUT2D eigenvalue weighted by Crippen LogP contribution is -2.60. The van der Waals surface area contributed by atoms with Crippen molar-refractivity contribution in [3.05, 3.63) is 48.0 Å². The van der Waals surface area contributed by atoms with Gasteiger partial charge in [-0.2, -0.15) is 0 Å². The third kappa shape index (κ3) is 14.3. The van der Waals surface area contributed by atoms with Crippen LogP contribution < -0.4 is 10.6 Å². The number of hydrogen-bond donors (Lipinski definition) is 3. The largest absolute Gasteiger partial charge is 0.453 e. The minimum atomic E-state index is -0.927. The molecular weight excluding hydrogens is 791 g/mol. The Morgan fingerprint density at radius 3 is 2.11 bits per heavy atom. The molecule has 0 spiro atoms. The second kappa shape index (κ2) is 25.9. The van der Waals surface area contributed by atoms with Crippen molar-refractivity contribution >= 4 is 29.7 Å². The Hall–Kier alpha value is -4.01. The summed E-state index contributed by atoms with van der Waals surface area (Å²) in [6.07, 6.45) is 4.06. The van der Waals surface area contributed by atoms with Crippen LogP contribution in [-0.2, 0) is 33.4 Å². The highest BCUT2D eigenvalue weighted by atomic mass is 16.5. The third-order valence-corrected chi connectivity index (χ3v) is 13.0. The summed E-state index contributed by atoms with van der Waals surface area (Å²) in [4.78, 5) is 73.2. The van der Waals surface area contributed by atoms with E-state index in [0.29, 0.717) is 25.3 Å². The Labute approximate surface area is 372 Å². The molecule has 1 aromatic carbocycles. The van der Waals surface area contributed by atoms with Gasteiger partial charge in [0.15, 0.2) is 0 Å². The lowest BCUT2D eigenvalue weighted by Gasteiger charge is -2.41. The number of amides is 5. The van der Waals surface area contributed by atoms with Gasteiger partial charge in [0.1, 0.15) is 12.1 Å². The molecule has 0 aromatic heterocycles. The standard InChI is InChI=1S/C48H81N5O9/c1-16-18-19-22-32(8)35-23-20-24-36(27-35)43(55)34(10)49-45(56)33(9)44(61-14)37-25-21-26-53(37)39(54)28-38(60-13)42(31(7)17-2)51(11)47(58)40(29(3)4)50-46(57)41(30(5)6)52(12)48(59)62-15/h16,20,23-24,27,29-34,37-38,40-44,55H,1,17-19,21-22,25-26,28H2,2-15H3,(H,49,56)(H,50,57)/t31-,32?,33+,34+,37-,38+,40-,41-,42-,43+,44+/m0/s1. The van der Waals surface area contributed by atoms with Gasteiger partial charge in [-0.3, -0.25) is 24.1 Å². The van der Waals surface area contributed by atoms with Gasteiger partial charge >= 0.3 is 6.09 Å². The lowest BCUT2D eigenvalue weighted by molar-refractivity contribution is -0.148. The van der Waals surface area contributed by atoms with Gasteiger partial charge in [-0.25, -0.2) is 4.79 Å². The van der Waals surface area contributed by atoms with E-state index in [-0.39, 0.29) is 47.9 Å². The monoisotopic (exact) mass is 872 g/mol. The first kappa shape index (κ1) is 54.1. The average molecular weight is 872 g/mol. The van der Waals surface area contributed by atoms with E-state index < -0.39 is 60.4 Å². The minimum Gasteiger partial charge on any atom is -0.453 e. The van der Waals surface area contributed by atoms with Crippen LogP contribution in [0, 0.1) is 23.7 Å². The highest BCUT2D eigenvalue weighted by Gasteiger charge is 2.43. The minimum absolute atomic E-state index is 0.0240. The van der Waals surface area contributed by atoms with Gasteiger partial charge in [-0.15, -0.1) is 6.58 Å². The number of nitrogens with one attached hydrogen (secondary N) is 2. The number of aliphatic hydroxyl groups excluding tert-OH is 1. The molecule has 14 heteroatoms. The molecule has 2 rings (SSSR count). The van der Waals surface area contributed by atoms with Gasteiger partial charge in [0.05, 0.1) is 55.9 Å².